The second-order valence-electron chi connectivity index (χ2n) is 5.44. The van der Waals surface area contributed by atoms with Crippen molar-refractivity contribution in [2.24, 2.45) is 5.92 Å². The monoisotopic (exact) mass is 274 g/mol. The zero-order chi connectivity index (χ0) is 13.1. The highest BCUT2D eigenvalue weighted by atomic mass is 32.1. The van der Waals surface area contributed by atoms with E-state index in [-0.39, 0.29) is 0 Å². The van der Waals surface area contributed by atoms with Gasteiger partial charge in [0.1, 0.15) is 0 Å². The quantitative estimate of drug-likeness (QED) is 0.811. The minimum atomic E-state index is 0.576. The smallest absolute Gasteiger partial charge is 0.0363 e. The predicted octanol–water partition coefficient (Wildman–Crippen LogP) is 3.85. The van der Waals surface area contributed by atoms with Crippen LogP contribution >= 0.6 is 11.3 Å². The highest BCUT2D eigenvalue weighted by molar-refractivity contribution is 7.07. The molecule has 2 heterocycles. The summed E-state index contributed by atoms with van der Waals surface area (Å²) in [6.07, 6.45) is 8.47. The first-order valence-electron chi connectivity index (χ1n) is 7.27. The van der Waals surface area contributed by atoms with E-state index in [1.165, 1.54) is 24.0 Å². The van der Waals surface area contributed by atoms with Crippen molar-refractivity contribution in [3.8, 4) is 0 Å². The van der Waals surface area contributed by atoms with Crippen LogP contribution in [-0.4, -0.2) is 11.1 Å². The number of hydrogen-bond acceptors (Lipinski definition) is 2. The van der Waals surface area contributed by atoms with E-state index in [4.69, 9.17) is 0 Å². The second kappa shape index (κ2) is 5.93. The van der Waals surface area contributed by atoms with Crippen LogP contribution in [0.1, 0.15) is 36.9 Å². The van der Waals surface area contributed by atoms with Gasteiger partial charge in [-0.3, -0.25) is 0 Å². The third kappa shape index (κ3) is 3.28. The highest BCUT2D eigenvalue weighted by Gasteiger charge is 2.31. The van der Waals surface area contributed by atoms with Gasteiger partial charge in [0.15, 0.2) is 0 Å². The maximum absolute atomic E-state index is 3.63. The van der Waals surface area contributed by atoms with Gasteiger partial charge in [0.05, 0.1) is 0 Å². The van der Waals surface area contributed by atoms with Crippen LogP contribution in [-0.2, 0) is 13.0 Å². The van der Waals surface area contributed by atoms with Gasteiger partial charge in [-0.15, -0.1) is 0 Å². The van der Waals surface area contributed by atoms with Crippen LogP contribution in [0.3, 0.4) is 0 Å². The Morgan fingerprint density at radius 3 is 3.00 bits per heavy atom. The fourth-order valence-corrected chi connectivity index (χ4v) is 3.38. The van der Waals surface area contributed by atoms with E-state index in [0.29, 0.717) is 6.04 Å². The fourth-order valence-electron chi connectivity index (χ4n) is 2.68. The van der Waals surface area contributed by atoms with Gasteiger partial charge in [-0.25, -0.2) is 0 Å². The van der Waals surface area contributed by atoms with Crippen LogP contribution in [0.5, 0.6) is 0 Å². The number of nitrogens with zero attached hydrogens (tertiary/aromatic N) is 1. The van der Waals surface area contributed by atoms with Crippen molar-refractivity contribution in [3.63, 3.8) is 0 Å². The first kappa shape index (κ1) is 12.9. The Bertz CT molecular complexity index is 497. The van der Waals surface area contributed by atoms with Crippen molar-refractivity contribution in [3.05, 3.63) is 46.4 Å². The van der Waals surface area contributed by atoms with Crippen LogP contribution in [0.15, 0.2) is 35.3 Å². The zero-order valence-electron chi connectivity index (χ0n) is 11.5. The van der Waals surface area contributed by atoms with Gasteiger partial charge in [0.25, 0.3) is 0 Å². The predicted molar refractivity (Wildman–Crippen MR) is 81.6 cm³/mol. The lowest BCUT2D eigenvalue weighted by atomic mass is 10.1. The summed E-state index contributed by atoms with van der Waals surface area (Å²) >= 11 is 1.78. The molecule has 0 bridgehead atoms. The summed E-state index contributed by atoms with van der Waals surface area (Å²) in [6.45, 7) is 4.34. The minimum Gasteiger partial charge on any atom is -0.354 e. The molecule has 0 saturated heterocycles. The molecule has 0 aromatic carbocycles. The fraction of sp³-hybridized carbons (Fsp3) is 0.500. The average molecular weight is 274 g/mol. The molecular formula is C16H22N2S. The first-order valence-corrected chi connectivity index (χ1v) is 8.21. The number of aryl methyl sites for hydroxylation is 2. The van der Waals surface area contributed by atoms with Crippen LogP contribution in [0.4, 0.5) is 0 Å². The summed E-state index contributed by atoms with van der Waals surface area (Å²) in [4.78, 5) is 0. The molecule has 2 aromatic rings. The Morgan fingerprint density at radius 2 is 2.32 bits per heavy atom. The summed E-state index contributed by atoms with van der Waals surface area (Å²) in [5.74, 6) is 0.868. The molecule has 19 heavy (non-hydrogen) atoms. The average Bonchev–Trinajstić information content (AvgIpc) is 2.92. The number of rotatable bonds is 7. The van der Waals surface area contributed by atoms with Gasteiger partial charge in [-0.05, 0) is 65.7 Å². The lowest BCUT2D eigenvalue weighted by Gasteiger charge is -2.15. The molecule has 2 aromatic heterocycles. The maximum Gasteiger partial charge on any atom is 0.0363 e. The molecule has 3 heteroatoms. The van der Waals surface area contributed by atoms with Crippen LogP contribution in [0, 0.1) is 5.92 Å². The molecule has 1 saturated carbocycles. The standard InChI is InChI=1S/C16H22N2S/c1-2-17-16(14-3-4-14)15-6-9-18(11-15)8-5-13-7-10-19-12-13/h6-7,9-12,14,16-17H,2-5,8H2,1H3. The zero-order valence-corrected chi connectivity index (χ0v) is 12.3. The summed E-state index contributed by atoms with van der Waals surface area (Å²) < 4.78 is 2.33. The van der Waals surface area contributed by atoms with Crippen LogP contribution in [0.2, 0.25) is 0 Å². The number of thiophene rings is 1. The van der Waals surface area contributed by atoms with Gasteiger partial charge in [-0.1, -0.05) is 6.92 Å². The van der Waals surface area contributed by atoms with Gasteiger partial charge in [0, 0.05) is 25.0 Å². The van der Waals surface area contributed by atoms with Crippen molar-refractivity contribution in [1.29, 1.82) is 0 Å². The van der Waals surface area contributed by atoms with E-state index in [0.717, 1.165) is 25.4 Å². The molecule has 1 atom stereocenters. The first-order chi connectivity index (χ1) is 9.36. The molecule has 1 N–H and O–H groups in total. The van der Waals surface area contributed by atoms with Gasteiger partial charge in [0.2, 0.25) is 0 Å². The Labute approximate surface area is 119 Å². The molecule has 1 unspecified atom stereocenters. The second-order valence-corrected chi connectivity index (χ2v) is 6.22. The van der Waals surface area contributed by atoms with Gasteiger partial charge >= 0.3 is 0 Å². The van der Waals surface area contributed by atoms with E-state index in [1.807, 2.05) is 0 Å². The van der Waals surface area contributed by atoms with Crippen molar-refractivity contribution >= 4 is 11.3 Å². The molecule has 1 fully saturated rings. The normalized spacial score (nSPS) is 16.7. The molecule has 0 aliphatic heterocycles. The van der Waals surface area contributed by atoms with Crippen LogP contribution in [0.25, 0.3) is 0 Å². The van der Waals surface area contributed by atoms with E-state index in [9.17, 15) is 0 Å². The summed E-state index contributed by atoms with van der Waals surface area (Å²) in [5, 5.41) is 8.04. The number of hydrogen-bond donors (Lipinski definition) is 1. The largest absolute Gasteiger partial charge is 0.354 e. The summed E-state index contributed by atoms with van der Waals surface area (Å²) in [5.41, 5.74) is 2.92. The molecule has 1 aliphatic carbocycles. The van der Waals surface area contributed by atoms with Crippen molar-refractivity contribution < 1.29 is 0 Å². The third-order valence-electron chi connectivity index (χ3n) is 3.89. The molecule has 2 nitrogen and oxygen atoms in total. The Morgan fingerprint density at radius 1 is 1.42 bits per heavy atom. The lowest BCUT2D eigenvalue weighted by Crippen LogP contribution is -2.22. The van der Waals surface area contributed by atoms with E-state index in [1.54, 1.807) is 11.3 Å². The van der Waals surface area contributed by atoms with E-state index < -0.39 is 0 Å². The molecule has 102 valence electrons. The molecular weight excluding hydrogens is 252 g/mol. The Hall–Kier alpha value is -1.06. The van der Waals surface area contributed by atoms with Gasteiger partial charge < -0.3 is 9.88 Å². The summed E-state index contributed by atoms with van der Waals surface area (Å²) in [6, 6.07) is 5.09. The minimum absolute atomic E-state index is 0.576. The topological polar surface area (TPSA) is 17.0 Å². The highest BCUT2D eigenvalue weighted by Crippen LogP contribution is 2.40. The van der Waals surface area contributed by atoms with E-state index in [2.05, 4.69) is 52.1 Å². The molecule has 3 rings (SSSR count). The van der Waals surface area contributed by atoms with Crippen molar-refractivity contribution in [2.45, 2.75) is 38.8 Å². The van der Waals surface area contributed by atoms with E-state index >= 15 is 0 Å². The van der Waals surface area contributed by atoms with Crippen LogP contribution < -0.4 is 5.32 Å². The Balaban J connectivity index is 1.61. The maximum atomic E-state index is 3.63. The van der Waals surface area contributed by atoms with Gasteiger partial charge in [-0.2, -0.15) is 11.3 Å². The number of nitrogens with one attached hydrogen (secondary N) is 1. The molecule has 0 spiro atoms. The summed E-state index contributed by atoms with van der Waals surface area (Å²) in [7, 11) is 0. The Kier molecular flexibility index (Phi) is 4.04. The third-order valence-corrected chi connectivity index (χ3v) is 4.62. The number of aromatic nitrogens is 1. The SMILES string of the molecule is CCNC(c1ccn(CCc2ccsc2)c1)C1CC1. The molecule has 0 radical (unpaired) electrons. The van der Waals surface area contributed by atoms with Crippen molar-refractivity contribution in [1.82, 2.24) is 9.88 Å². The molecule has 0 amide bonds. The molecule has 1 aliphatic rings. The lowest BCUT2D eigenvalue weighted by molar-refractivity contribution is 0.495. The van der Waals surface area contributed by atoms with Crippen molar-refractivity contribution in [2.75, 3.05) is 6.54 Å².